The molecule has 3 aromatic carbocycles. The van der Waals surface area contributed by atoms with Gasteiger partial charge in [-0.25, -0.2) is 17.6 Å². The molecule has 12 heteroatoms. The van der Waals surface area contributed by atoms with Gasteiger partial charge in [0.25, 0.3) is 0 Å². The van der Waals surface area contributed by atoms with Gasteiger partial charge in [-0.2, -0.15) is 5.26 Å². The molecule has 46 heavy (non-hydrogen) atoms. The van der Waals surface area contributed by atoms with E-state index in [9.17, 15) is 32.8 Å². The van der Waals surface area contributed by atoms with Gasteiger partial charge in [-0.05, 0) is 78.6 Å². The van der Waals surface area contributed by atoms with Crippen LogP contribution in [0.15, 0.2) is 90.3 Å². The summed E-state index contributed by atoms with van der Waals surface area (Å²) in [5.41, 5.74) is -0.240. The van der Waals surface area contributed by atoms with Crippen LogP contribution < -0.4 is 14.8 Å². The Labute approximate surface area is 267 Å². The lowest BCUT2D eigenvalue weighted by atomic mass is 9.65. The molecule has 5 rings (SSSR count). The van der Waals surface area contributed by atoms with Crippen molar-refractivity contribution in [3.8, 4) is 17.6 Å². The molecule has 1 aliphatic heterocycles. The Morgan fingerprint density at radius 1 is 1.02 bits per heavy atom. The Morgan fingerprint density at radius 3 is 2.22 bits per heavy atom. The fraction of sp³-hybridized carbons (Fsp3) is 0.324. The Hall–Kier alpha value is -4.89. The number of hydrogen-bond donors (Lipinski definition) is 2. The third kappa shape index (κ3) is 6.55. The molecule has 0 radical (unpaired) electrons. The lowest BCUT2D eigenvalue weighted by Crippen LogP contribution is -2.56. The molecule has 1 saturated heterocycles. The van der Waals surface area contributed by atoms with E-state index in [1.807, 2.05) is 0 Å². The number of nitrogens with one attached hydrogen (secondary N) is 1. The van der Waals surface area contributed by atoms with Gasteiger partial charge < -0.3 is 24.8 Å². The van der Waals surface area contributed by atoms with Gasteiger partial charge >= 0.3 is 6.09 Å². The maximum Gasteiger partial charge on any atom is 0.404 e. The third-order valence-corrected chi connectivity index (χ3v) is 10.8. The predicted molar refractivity (Wildman–Crippen MR) is 167 cm³/mol. The van der Waals surface area contributed by atoms with Gasteiger partial charge in [0.05, 0.1) is 11.0 Å². The van der Waals surface area contributed by atoms with Crippen molar-refractivity contribution in [1.29, 1.82) is 5.26 Å². The minimum atomic E-state index is -3.58. The monoisotopic (exact) mass is 647 g/mol. The second kappa shape index (κ2) is 13.6. The summed E-state index contributed by atoms with van der Waals surface area (Å²) in [5, 5.41) is 22.0. The molecule has 2 amide bonds. The molecule has 10 nitrogen and oxygen atoms in total. The van der Waals surface area contributed by atoms with E-state index in [2.05, 4.69) is 18.0 Å². The summed E-state index contributed by atoms with van der Waals surface area (Å²) < 4.78 is 51.6. The average Bonchev–Trinajstić information content (AvgIpc) is 3.47. The number of nitrogens with zero attached hydrogens (tertiary/aromatic N) is 2. The van der Waals surface area contributed by atoms with E-state index < -0.39 is 44.4 Å². The molecule has 0 bridgehead atoms. The Kier molecular flexibility index (Phi) is 9.63. The number of carbonyl (C=O) groups is 2. The topological polar surface area (TPSA) is 146 Å². The van der Waals surface area contributed by atoms with Crippen molar-refractivity contribution in [2.24, 2.45) is 5.92 Å². The fourth-order valence-electron chi connectivity index (χ4n) is 6.34. The van der Waals surface area contributed by atoms with Crippen LogP contribution in [0.3, 0.4) is 0 Å². The van der Waals surface area contributed by atoms with E-state index in [4.69, 9.17) is 9.47 Å². The summed E-state index contributed by atoms with van der Waals surface area (Å²) in [6.45, 7) is 4.03. The predicted octanol–water partition coefficient (Wildman–Crippen LogP) is 4.70. The van der Waals surface area contributed by atoms with Crippen molar-refractivity contribution in [3.05, 3.63) is 102 Å². The van der Waals surface area contributed by atoms with Crippen LogP contribution in [-0.2, 0) is 20.0 Å². The first-order chi connectivity index (χ1) is 22.1. The number of sulfone groups is 1. The minimum Gasteiger partial charge on any atom is -0.490 e. The quantitative estimate of drug-likeness (QED) is 0.213. The average molecular weight is 648 g/mol. The second-order valence-corrected chi connectivity index (χ2v) is 13.6. The van der Waals surface area contributed by atoms with Gasteiger partial charge in [0.2, 0.25) is 5.91 Å². The van der Waals surface area contributed by atoms with Crippen LogP contribution in [0.1, 0.15) is 30.4 Å². The highest BCUT2D eigenvalue weighted by molar-refractivity contribution is 7.92. The standard InChI is InChI=1S/C34H34FN3O7S/c1-2-32(39)38-20-29(21-38)46(42,43)28-15-13-27(14-16-28)45-18-17-44-26-11-9-23(10-12-26)34(22-36,24-5-3-6-25(35)19-24)30-7-4-8-31(30)37-33(40)41/h2-3,5-6,9-16,19,29-31,37H,1,4,7-8,17-18,20-21H2,(H,40,41)/t30-,31-,34?/m0/s1. The molecule has 0 spiro atoms. The van der Waals surface area contributed by atoms with Crippen molar-refractivity contribution in [1.82, 2.24) is 10.2 Å². The lowest BCUT2D eigenvalue weighted by Gasteiger charge is -2.37. The number of ether oxygens (including phenoxy) is 2. The summed E-state index contributed by atoms with van der Waals surface area (Å²) >= 11 is 0. The second-order valence-electron chi connectivity index (χ2n) is 11.3. The number of hydrogen-bond acceptors (Lipinski definition) is 7. The number of carboxylic acid groups (broad SMARTS) is 1. The molecule has 2 N–H and O–H groups in total. The van der Waals surface area contributed by atoms with Crippen molar-refractivity contribution < 1.29 is 37.0 Å². The fourth-order valence-corrected chi connectivity index (χ4v) is 8.00. The van der Waals surface area contributed by atoms with E-state index >= 15 is 0 Å². The maximum atomic E-state index is 14.4. The number of nitriles is 1. The summed E-state index contributed by atoms with van der Waals surface area (Å²) in [5.74, 6) is -0.219. The van der Waals surface area contributed by atoms with Crippen LogP contribution in [0.25, 0.3) is 0 Å². The van der Waals surface area contributed by atoms with Crippen molar-refractivity contribution in [3.63, 3.8) is 0 Å². The smallest absolute Gasteiger partial charge is 0.404 e. The van der Waals surface area contributed by atoms with Crippen LogP contribution in [0, 0.1) is 23.1 Å². The molecule has 1 saturated carbocycles. The SMILES string of the molecule is C=CC(=O)N1CC(S(=O)(=O)c2ccc(OCCOc3ccc(C(C#N)(c4cccc(F)c4)[C@H]4CCC[C@@H]4NC(=O)O)cc3)cc2)C1. The zero-order chi connectivity index (χ0) is 32.9. The summed E-state index contributed by atoms with van der Waals surface area (Å²) in [7, 11) is -3.58. The molecule has 2 aliphatic rings. The molecule has 3 atom stereocenters. The van der Waals surface area contributed by atoms with Crippen LogP contribution in [0.5, 0.6) is 11.5 Å². The molecular weight excluding hydrogens is 613 g/mol. The normalized spacial score (nSPS) is 19.3. The van der Waals surface area contributed by atoms with Gasteiger partial charge in [-0.15, -0.1) is 0 Å². The van der Waals surface area contributed by atoms with Gasteiger partial charge in [-0.1, -0.05) is 37.3 Å². The van der Waals surface area contributed by atoms with E-state index in [1.165, 1.54) is 29.2 Å². The van der Waals surface area contributed by atoms with Gasteiger partial charge in [0.1, 0.15) is 41.2 Å². The van der Waals surface area contributed by atoms with Crippen LogP contribution in [-0.4, -0.2) is 68.0 Å². The van der Waals surface area contributed by atoms with Gasteiger partial charge in [-0.3, -0.25) is 4.79 Å². The third-order valence-electron chi connectivity index (χ3n) is 8.69. The van der Waals surface area contributed by atoms with Crippen LogP contribution >= 0.6 is 0 Å². The van der Waals surface area contributed by atoms with E-state index in [1.54, 1.807) is 48.5 Å². The number of benzene rings is 3. The number of rotatable bonds is 12. The molecule has 240 valence electrons. The van der Waals surface area contributed by atoms with Gasteiger partial charge in [0.15, 0.2) is 9.84 Å². The Balaban J connectivity index is 1.21. The maximum absolute atomic E-state index is 14.4. The number of likely N-dealkylation sites (tertiary alicyclic amines) is 1. The summed E-state index contributed by atoms with van der Waals surface area (Å²) in [4.78, 5) is 24.7. The number of carbonyl (C=O) groups excluding carboxylic acids is 1. The largest absolute Gasteiger partial charge is 0.490 e. The van der Waals surface area contributed by atoms with Crippen molar-refractivity contribution >= 4 is 21.8 Å². The van der Waals surface area contributed by atoms with Crippen molar-refractivity contribution in [2.45, 2.75) is 40.9 Å². The molecule has 1 aliphatic carbocycles. The van der Waals surface area contributed by atoms with E-state index in [0.717, 1.165) is 12.5 Å². The molecule has 0 aromatic heterocycles. The molecule has 1 unspecified atom stereocenters. The van der Waals surface area contributed by atoms with E-state index in [-0.39, 0.29) is 37.1 Å². The number of amides is 2. The zero-order valence-electron chi connectivity index (χ0n) is 25.0. The highest BCUT2D eigenvalue weighted by Gasteiger charge is 2.49. The summed E-state index contributed by atoms with van der Waals surface area (Å²) in [6.07, 6.45) is 1.89. The summed E-state index contributed by atoms with van der Waals surface area (Å²) in [6, 6.07) is 20.8. The molecule has 3 aromatic rings. The van der Waals surface area contributed by atoms with Crippen LogP contribution in [0.4, 0.5) is 9.18 Å². The highest BCUT2D eigenvalue weighted by Crippen LogP contribution is 2.47. The lowest BCUT2D eigenvalue weighted by molar-refractivity contribution is -0.129. The Morgan fingerprint density at radius 2 is 1.65 bits per heavy atom. The molecule has 1 heterocycles. The van der Waals surface area contributed by atoms with Gasteiger partial charge in [0, 0.05) is 25.0 Å². The first kappa shape index (κ1) is 32.5. The Bertz CT molecular complexity index is 1740. The first-order valence-electron chi connectivity index (χ1n) is 14.9. The van der Waals surface area contributed by atoms with Crippen molar-refractivity contribution in [2.75, 3.05) is 26.3 Å². The molecule has 2 fully saturated rings. The zero-order valence-corrected chi connectivity index (χ0v) is 25.8. The number of halogens is 1. The molecular formula is C34H34FN3O7S. The van der Waals surface area contributed by atoms with E-state index in [0.29, 0.717) is 35.5 Å². The van der Waals surface area contributed by atoms with Crippen LogP contribution in [0.2, 0.25) is 0 Å². The highest BCUT2D eigenvalue weighted by atomic mass is 32.2. The first-order valence-corrected chi connectivity index (χ1v) is 16.4. The minimum absolute atomic E-state index is 0.134.